The van der Waals surface area contributed by atoms with Gasteiger partial charge in [-0.3, -0.25) is 9.59 Å². The van der Waals surface area contributed by atoms with Crippen molar-refractivity contribution in [2.75, 3.05) is 26.3 Å². The standard InChI is InChI=1S/C60H80N2O15/c1-57(2,3)37-17-29-13-33-21-39(59(7,8)9)23-35-15-31-19-38(58(4,5)6)20-32(46(31)66)16-36-24-40(60(10,11)12)22-34(14-30(18-37)45(29)65)54(36)74-28-44(64)62-26-42-48(68)50(70)52(72)56(76-42)77-55-51(71)49(69)47(67)41(75-55)25-61-43(63)27-73-53(33)35/h17-24,41-42,47-52,55-56,65-72H,13-16,25-28H2,1-12H3,(H,61,63)(H,62,64)/t41-,42-,47-,48-,49+,50+,51-,52-,55-,56-/m1/s1. The number of hydrogen-bond donors (Lipinski definition) is 10. The summed E-state index contributed by atoms with van der Waals surface area (Å²) in [7, 11) is 0. The zero-order valence-electron chi connectivity index (χ0n) is 46.5. The van der Waals surface area contributed by atoms with Gasteiger partial charge in [0, 0.05) is 38.8 Å². The SMILES string of the molecule is CC(C)(C)c1cc2c(O)c(c1)Cc1cc(C(C)(C)C)cc3c1OCC(=O)NC[C@H]1O[C@H](O[C@H]4O[C@H](CNC(=O)COc5c(cc(C(C)(C)C)cc5Cc5cc(C(C)(C)C)cc(c5O)C3)C2)[C@@H](O)[C@H](O)[C@H]4O)[C@H](O)[C@@H](O)[C@@H]1O. The second-order valence-corrected chi connectivity index (χ2v) is 25.6. The smallest absolute Gasteiger partial charge is 0.258 e. The molecule has 0 spiro atoms. The van der Waals surface area contributed by atoms with Crippen LogP contribution in [0, 0.1) is 0 Å². The second-order valence-electron chi connectivity index (χ2n) is 25.6. The van der Waals surface area contributed by atoms with E-state index in [2.05, 4.69) is 93.7 Å². The summed E-state index contributed by atoms with van der Waals surface area (Å²) >= 11 is 0. The fraction of sp³-hybridized carbons (Fsp3) is 0.567. The minimum Gasteiger partial charge on any atom is -0.507 e. The third-order valence-corrected chi connectivity index (χ3v) is 15.3. The van der Waals surface area contributed by atoms with Crippen LogP contribution in [-0.2, 0) is 71.1 Å². The lowest BCUT2D eigenvalue weighted by Crippen LogP contribution is -2.65. The topological polar surface area (TPSA) is 266 Å². The first-order chi connectivity index (χ1) is 35.8. The van der Waals surface area contributed by atoms with Crippen molar-refractivity contribution in [2.24, 2.45) is 0 Å². The molecule has 4 aromatic carbocycles. The van der Waals surface area contributed by atoms with Crippen molar-refractivity contribution in [3.63, 3.8) is 0 Å². The number of rotatable bonds is 0. The number of carbonyl (C=O) groups excluding carboxylic acids is 2. The molecule has 4 heterocycles. The molecule has 0 unspecified atom stereocenters. The van der Waals surface area contributed by atoms with Crippen molar-refractivity contribution in [2.45, 2.75) is 192 Å². The molecule has 2 saturated heterocycles. The van der Waals surface area contributed by atoms with E-state index in [1.54, 1.807) is 0 Å². The molecule has 14 bridgehead atoms. The number of hydrogen-bond acceptors (Lipinski definition) is 15. The van der Waals surface area contributed by atoms with E-state index < -0.39 is 121 Å². The lowest BCUT2D eigenvalue weighted by Gasteiger charge is -2.45. The number of phenols is 2. The number of carbonyl (C=O) groups is 2. The highest BCUT2D eigenvalue weighted by molar-refractivity contribution is 5.78. The summed E-state index contributed by atoms with van der Waals surface area (Å²) in [6.45, 7) is 23.2. The lowest BCUT2D eigenvalue weighted by molar-refractivity contribution is -0.372. The summed E-state index contributed by atoms with van der Waals surface area (Å²) in [5.41, 5.74) is 7.21. The van der Waals surface area contributed by atoms with Crippen molar-refractivity contribution in [1.29, 1.82) is 0 Å². The quantitative estimate of drug-likeness (QED) is 0.102. The van der Waals surface area contributed by atoms with Gasteiger partial charge in [-0.25, -0.2) is 0 Å². The number of aliphatic hydroxyl groups is 6. The molecule has 0 aromatic heterocycles. The van der Waals surface area contributed by atoms with Crippen LogP contribution in [0.2, 0.25) is 0 Å². The Labute approximate surface area is 451 Å². The minimum absolute atomic E-state index is 0.0410. The van der Waals surface area contributed by atoms with E-state index in [9.17, 15) is 50.4 Å². The maximum Gasteiger partial charge on any atom is 0.258 e. The van der Waals surface area contributed by atoms with Crippen LogP contribution in [0.5, 0.6) is 23.0 Å². The first-order valence-electron chi connectivity index (χ1n) is 26.6. The number of phenolic OH excluding ortho intramolecular Hbond substituents is 2. The van der Waals surface area contributed by atoms with E-state index in [-0.39, 0.29) is 37.2 Å². The van der Waals surface area contributed by atoms with Crippen LogP contribution in [0.1, 0.15) is 150 Å². The molecular formula is C60H80N2O15. The molecule has 9 rings (SSSR count). The molecule has 4 aromatic rings. The Morgan fingerprint density at radius 1 is 0.390 bits per heavy atom. The molecule has 2 fully saturated rings. The number of fused-ring (bicyclic) bond motifs is 8. The van der Waals surface area contributed by atoms with E-state index in [0.717, 1.165) is 22.3 Å². The van der Waals surface area contributed by atoms with Crippen molar-refractivity contribution >= 4 is 11.8 Å². The van der Waals surface area contributed by atoms with Gasteiger partial charge in [0.2, 0.25) is 0 Å². The number of ether oxygens (including phenoxy) is 5. The summed E-state index contributed by atoms with van der Waals surface area (Å²) in [6, 6.07) is 16.1. The highest BCUT2D eigenvalue weighted by atomic mass is 16.8. The molecular weight excluding hydrogens is 989 g/mol. The zero-order valence-corrected chi connectivity index (χ0v) is 46.5. The fourth-order valence-corrected chi connectivity index (χ4v) is 10.4. The molecule has 4 aliphatic heterocycles. The average Bonchev–Trinajstić information content (AvgIpc) is 3.33. The monoisotopic (exact) mass is 1070 g/mol. The predicted octanol–water partition coefficient (Wildman–Crippen LogP) is 4.60. The zero-order chi connectivity index (χ0) is 56.4. The Morgan fingerprint density at radius 2 is 0.649 bits per heavy atom. The van der Waals surface area contributed by atoms with Gasteiger partial charge in [-0.1, -0.05) is 132 Å². The maximum absolute atomic E-state index is 14.0. The van der Waals surface area contributed by atoms with E-state index in [1.165, 1.54) is 0 Å². The van der Waals surface area contributed by atoms with Crippen LogP contribution in [-0.4, -0.2) is 140 Å². The van der Waals surface area contributed by atoms with Crippen LogP contribution >= 0.6 is 0 Å². The third kappa shape index (κ3) is 12.6. The molecule has 10 N–H and O–H groups in total. The number of aliphatic hydroxyl groups excluding tert-OH is 6. The van der Waals surface area contributed by atoms with Gasteiger partial charge in [-0.05, 0) is 88.4 Å². The van der Waals surface area contributed by atoms with Gasteiger partial charge in [-0.15, -0.1) is 0 Å². The number of nitrogens with one attached hydrogen (secondary N) is 2. The van der Waals surface area contributed by atoms with Crippen LogP contribution in [0.4, 0.5) is 0 Å². The summed E-state index contributed by atoms with van der Waals surface area (Å²) in [5.74, 6) is -0.504. The Kier molecular flexibility index (Phi) is 16.3. The molecule has 2 amide bonds. The Morgan fingerprint density at radius 3 is 0.909 bits per heavy atom. The first kappa shape index (κ1) is 57.8. The summed E-state index contributed by atoms with van der Waals surface area (Å²) in [4.78, 5) is 28.0. The highest BCUT2D eigenvalue weighted by Crippen LogP contribution is 2.44. The van der Waals surface area contributed by atoms with Gasteiger partial charge < -0.3 is 75.2 Å². The summed E-state index contributed by atoms with van der Waals surface area (Å²) < 4.78 is 30.8. The van der Waals surface area contributed by atoms with Gasteiger partial charge in [0.15, 0.2) is 25.8 Å². The van der Waals surface area contributed by atoms with Gasteiger partial charge >= 0.3 is 0 Å². The van der Waals surface area contributed by atoms with Crippen molar-refractivity contribution in [3.8, 4) is 23.0 Å². The van der Waals surface area contributed by atoms with Gasteiger partial charge in [0.05, 0.1) is 0 Å². The van der Waals surface area contributed by atoms with E-state index in [4.69, 9.17) is 23.7 Å². The van der Waals surface area contributed by atoms with Crippen molar-refractivity contribution in [1.82, 2.24) is 10.6 Å². The van der Waals surface area contributed by atoms with E-state index >= 15 is 0 Å². The number of amides is 2. The lowest BCUT2D eigenvalue weighted by atomic mass is 9.79. The van der Waals surface area contributed by atoms with Crippen molar-refractivity contribution in [3.05, 3.63) is 115 Å². The molecule has 0 saturated carbocycles. The maximum atomic E-state index is 14.0. The second kappa shape index (κ2) is 21.7. The predicted molar refractivity (Wildman–Crippen MR) is 287 cm³/mol. The van der Waals surface area contributed by atoms with E-state index in [1.807, 2.05) is 48.5 Å². The Balaban J connectivity index is 1.37. The molecule has 0 radical (unpaired) electrons. The molecule has 10 atom stereocenters. The number of aromatic hydroxyl groups is 2. The Hall–Kier alpha value is -5.34. The van der Waals surface area contributed by atoms with E-state index in [0.29, 0.717) is 56.0 Å². The highest BCUT2D eigenvalue weighted by Gasteiger charge is 2.50. The van der Waals surface area contributed by atoms with Crippen LogP contribution in [0.25, 0.3) is 0 Å². The van der Waals surface area contributed by atoms with Crippen LogP contribution in [0.15, 0.2) is 48.5 Å². The van der Waals surface area contributed by atoms with Crippen molar-refractivity contribution < 1.29 is 74.1 Å². The largest absolute Gasteiger partial charge is 0.507 e. The fourth-order valence-electron chi connectivity index (χ4n) is 10.4. The first-order valence-corrected chi connectivity index (χ1v) is 26.6. The van der Waals surface area contributed by atoms with Gasteiger partial charge in [0.25, 0.3) is 11.8 Å². The molecule has 17 heteroatoms. The minimum atomic E-state index is -1.91. The average molecular weight is 1070 g/mol. The summed E-state index contributed by atoms with van der Waals surface area (Å²) in [5, 5.41) is 96.8. The van der Waals surface area contributed by atoms with Gasteiger partial charge in [-0.2, -0.15) is 0 Å². The van der Waals surface area contributed by atoms with Gasteiger partial charge in [0.1, 0.15) is 71.8 Å². The third-order valence-electron chi connectivity index (χ3n) is 15.3. The molecule has 17 nitrogen and oxygen atoms in total. The molecule has 420 valence electrons. The normalized spacial score (nSPS) is 27.1. The number of benzene rings is 4. The van der Waals surface area contributed by atoms with Crippen LogP contribution in [0.3, 0.4) is 0 Å². The molecule has 1 aliphatic carbocycles. The molecule has 5 aliphatic rings. The summed E-state index contributed by atoms with van der Waals surface area (Å²) in [6.07, 6.45) is -16.8. The Bertz CT molecular complexity index is 2570. The van der Waals surface area contributed by atoms with Crippen LogP contribution < -0.4 is 20.1 Å². The molecule has 77 heavy (non-hydrogen) atoms.